The summed E-state index contributed by atoms with van der Waals surface area (Å²) in [6, 6.07) is 18.7. The number of anilines is 1. The lowest BCUT2D eigenvalue weighted by atomic mass is 9.91. The van der Waals surface area contributed by atoms with Gasteiger partial charge in [-0.15, -0.1) is 0 Å². The number of para-hydroxylation sites is 1. The van der Waals surface area contributed by atoms with E-state index in [1.54, 1.807) is 6.07 Å². The molecule has 0 radical (unpaired) electrons. The van der Waals surface area contributed by atoms with Gasteiger partial charge in [0.15, 0.2) is 5.43 Å². The van der Waals surface area contributed by atoms with E-state index in [1.807, 2.05) is 55.5 Å². The van der Waals surface area contributed by atoms with E-state index in [0.29, 0.717) is 5.76 Å². The van der Waals surface area contributed by atoms with E-state index in [2.05, 4.69) is 13.8 Å². The minimum atomic E-state index is -0.0588. The van der Waals surface area contributed by atoms with Gasteiger partial charge in [0.1, 0.15) is 11.3 Å². The van der Waals surface area contributed by atoms with Crippen LogP contribution in [0, 0.1) is 6.92 Å². The van der Waals surface area contributed by atoms with E-state index >= 15 is 0 Å². The number of hydrogen-bond acceptors (Lipinski definition) is 3. The highest BCUT2D eigenvalue weighted by molar-refractivity contribution is 6.02. The molecule has 0 amide bonds. The minimum absolute atomic E-state index is 0.0588. The van der Waals surface area contributed by atoms with Gasteiger partial charge in [-0.25, -0.2) is 0 Å². The highest BCUT2D eigenvalue weighted by Gasteiger charge is 2.18. The van der Waals surface area contributed by atoms with Gasteiger partial charge < -0.3 is 10.2 Å². The third kappa shape index (κ3) is 3.33. The maximum atomic E-state index is 11.7. The van der Waals surface area contributed by atoms with Gasteiger partial charge >= 0.3 is 0 Å². The number of aryl methyl sites for hydroxylation is 1. The number of nitrogen functional groups attached to an aromatic ring is 1. The Morgan fingerprint density at radius 1 is 0.923 bits per heavy atom. The monoisotopic (exact) mass is 345 g/mol. The van der Waals surface area contributed by atoms with Gasteiger partial charge in [0.2, 0.25) is 0 Å². The zero-order valence-corrected chi connectivity index (χ0v) is 15.4. The number of nitrogens with two attached hydrogens (primary N) is 1. The van der Waals surface area contributed by atoms with Crippen molar-refractivity contribution < 1.29 is 4.42 Å². The fourth-order valence-corrected chi connectivity index (χ4v) is 3.08. The summed E-state index contributed by atoms with van der Waals surface area (Å²) >= 11 is 0. The van der Waals surface area contributed by atoms with Crippen molar-refractivity contribution in [2.75, 3.05) is 5.73 Å². The van der Waals surface area contributed by atoms with Crippen molar-refractivity contribution in [1.29, 1.82) is 0 Å². The Bertz CT molecular complexity index is 1080. The SMILES string of the molecule is CCC.Cc1cc(N)ccc1-c1c2ccc(=O)cc-2oc2ccccc12. The lowest BCUT2D eigenvalue weighted by Crippen LogP contribution is -2.00. The zero-order valence-electron chi connectivity index (χ0n) is 15.4. The quantitative estimate of drug-likeness (QED) is 0.346. The summed E-state index contributed by atoms with van der Waals surface area (Å²) in [4.78, 5) is 11.7. The lowest BCUT2D eigenvalue weighted by molar-refractivity contribution is 0.619. The molecule has 0 unspecified atom stereocenters. The Morgan fingerprint density at radius 2 is 1.62 bits per heavy atom. The first-order valence-corrected chi connectivity index (χ1v) is 8.87. The fourth-order valence-electron chi connectivity index (χ4n) is 3.08. The van der Waals surface area contributed by atoms with E-state index in [9.17, 15) is 4.79 Å². The van der Waals surface area contributed by atoms with Crippen molar-refractivity contribution in [3.63, 3.8) is 0 Å². The van der Waals surface area contributed by atoms with Crippen LogP contribution in [0.25, 0.3) is 33.4 Å². The maximum Gasteiger partial charge on any atom is 0.182 e. The largest absolute Gasteiger partial charge is 0.456 e. The molecule has 3 nitrogen and oxygen atoms in total. The fraction of sp³-hybridized carbons (Fsp3) is 0.174. The molecular weight excluding hydrogens is 322 g/mol. The summed E-state index contributed by atoms with van der Waals surface area (Å²) < 4.78 is 5.93. The summed E-state index contributed by atoms with van der Waals surface area (Å²) in [6.07, 6.45) is 1.25. The van der Waals surface area contributed by atoms with Gasteiger partial charge in [0, 0.05) is 28.3 Å². The van der Waals surface area contributed by atoms with Gasteiger partial charge in [0.05, 0.1) is 0 Å². The lowest BCUT2D eigenvalue weighted by Gasteiger charge is -2.16. The van der Waals surface area contributed by atoms with Gasteiger partial charge in [0.25, 0.3) is 0 Å². The second kappa shape index (κ2) is 7.44. The molecule has 0 fully saturated rings. The standard InChI is InChI=1S/C20H15NO2.C3H8/c1-12-10-13(21)6-8-15(12)20-16-4-2-3-5-18(16)23-19-11-14(22)7-9-17(19)20;1-3-2/h2-11H,21H2,1H3;3H2,1-2H3. The van der Waals surface area contributed by atoms with Gasteiger partial charge in [-0.2, -0.15) is 0 Å². The van der Waals surface area contributed by atoms with Gasteiger partial charge in [-0.05, 0) is 48.4 Å². The number of rotatable bonds is 1. The number of hydrogen-bond donors (Lipinski definition) is 1. The first kappa shape index (κ1) is 17.7. The normalized spacial score (nSPS) is 10.6. The Hall–Kier alpha value is -3.07. The molecule has 1 aliphatic carbocycles. The molecule has 0 saturated carbocycles. The first-order valence-electron chi connectivity index (χ1n) is 8.87. The van der Waals surface area contributed by atoms with Crippen LogP contribution in [-0.4, -0.2) is 0 Å². The maximum absolute atomic E-state index is 11.7. The zero-order chi connectivity index (χ0) is 18.7. The van der Waals surface area contributed by atoms with Crippen LogP contribution in [0.15, 0.2) is 69.9 Å². The molecule has 0 bridgehead atoms. The number of benzene rings is 3. The second-order valence-electron chi connectivity index (χ2n) is 6.41. The van der Waals surface area contributed by atoms with Crippen molar-refractivity contribution in [1.82, 2.24) is 0 Å². The van der Waals surface area contributed by atoms with Crippen LogP contribution in [0.5, 0.6) is 0 Å². The highest BCUT2D eigenvalue weighted by atomic mass is 16.3. The van der Waals surface area contributed by atoms with Crippen LogP contribution in [0.3, 0.4) is 0 Å². The van der Waals surface area contributed by atoms with Crippen LogP contribution in [0.2, 0.25) is 0 Å². The van der Waals surface area contributed by atoms with E-state index in [4.69, 9.17) is 10.2 Å². The van der Waals surface area contributed by atoms with Crippen molar-refractivity contribution in [2.45, 2.75) is 27.2 Å². The van der Waals surface area contributed by atoms with Crippen molar-refractivity contribution >= 4 is 16.7 Å². The molecular formula is C23H23NO2. The van der Waals surface area contributed by atoms with E-state index in [0.717, 1.165) is 38.9 Å². The minimum Gasteiger partial charge on any atom is -0.456 e. The molecule has 1 aliphatic heterocycles. The molecule has 1 heterocycles. The Balaban J connectivity index is 0.000000613. The summed E-state index contributed by atoms with van der Waals surface area (Å²) in [6.45, 7) is 6.29. The van der Waals surface area contributed by atoms with Crippen LogP contribution in [-0.2, 0) is 0 Å². The molecule has 0 aromatic heterocycles. The molecule has 2 N–H and O–H groups in total. The summed E-state index contributed by atoms with van der Waals surface area (Å²) in [7, 11) is 0. The van der Waals surface area contributed by atoms with Gasteiger partial charge in [-0.1, -0.05) is 44.5 Å². The topological polar surface area (TPSA) is 56.2 Å². The third-order valence-electron chi connectivity index (χ3n) is 4.12. The molecule has 26 heavy (non-hydrogen) atoms. The van der Waals surface area contributed by atoms with Gasteiger partial charge in [-0.3, -0.25) is 4.79 Å². The first-order chi connectivity index (χ1) is 12.5. The molecule has 4 rings (SSSR count). The van der Waals surface area contributed by atoms with Crippen molar-refractivity contribution in [2.24, 2.45) is 0 Å². The highest BCUT2D eigenvalue weighted by Crippen LogP contribution is 2.40. The third-order valence-corrected chi connectivity index (χ3v) is 4.12. The molecule has 0 saturated heterocycles. The van der Waals surface area contributed by atoms with E-state index in [-0.39, 0.29) is 5.43 Å². The van der Waals surface area contributed by atoms with Crippen LogP contribution >= 0.6 is 0 Å². The van der Waals surface area contributed by atoms with E-state index in [1.165, 1.54) is 12.5 Å². The summed E-state index contributed by atoms with van der Waals surface area (Å²) in [5.74, 6) is 0.599. The average molecular weight is 345 g/mol. The van der Waals surface area contributed by atoms with Crippen LogP contribution in [0.4, 0.5) is 5.69 Å². The summed E-state index contributed by atoms with van der Waals surface area (Å²) in [5.41, 5.74) is 11.5. The van der Waals surface area contributed by atoms with Crippen LogP contribution < -0.4 is 11.2 Å². The average Bonchev–Trinajstić information content (AvgIpc) is 2.61. The number of fused-ring (bicyclic) bond motifs is 2. The van der Waals surface area contributed by atoms with Crippen LogP contribution in [0.1, 0.15) is 25.8 Å². The second-order valence-corrected chi connectivity index (χ2v) is 6.41. The molecule has 2 aromatic rings. The summed E-state index contributed by atoms with van der Waals surface area (Å²) in [5, 5.41) is 1.02. The van der Waals surface area contributed by atoms with Crippen molar-refractivity contribution in [3.05, 3.63) is 76.5 Å². The Morgan fingerprint density at radius 3 is 2.35 bits per heavy atom. The predicted octanol–water partition coefficient (Wildman–Crippen LogP) is 5.87. The molecule has 3 heteroatoms. The molecule has 0 atom stereocenters. The smallest absolute Gasteiger partial charge is 0.182 e. The molecule has 132 valence electrons. The molecule has 2 aromatic carbocycles. The van der Waals surface area contributed by atoms with E-state index < -0.39 is 0 Å². The Kier molecular flexibility index (Phi) is 5.08. The molecule has 2 aliphatic rings. The van der Waals surface area contributed by atoms with Crippen molar-refractivity contribution in [3.8, 4) is 22.5 Å². The predicted molar refractivity (Wildman–Crippen MR) is 110 cm³/mol. The molecule has 0 spiro atoms. The Labute approximate surface area is 153 Å².